The minimum atomic E-state index is -1.37. The molecule has 4 heterocycles. The lowest BCUT2D eigenvalue weighted by Gasteiger charge is -2.43. The number of amides is 6. The smallest absolute Gasteiger partial charge is 0.247 e. The van der Waals surface area contributed by atoms with Gasteiger partial charge in [0.2, 0.25) is 35.4 Å². The van der Waals surface area contributed by atoms with E-state index in [-0.39, 0.29) is 43.2 Å². The SMILES string of the molecule is CC(C)[C@H]1NC(=O)CN(C)C(=O)[C@H](CO)NC(=O)[C@@H]2C[C@H](NC(=O)[C@@H]3CCCN4CCCC[C@H]34)CN2C(=O)[C@H](Cc2ccccc2)NC1=O. The summed E-state index contributed by atoms with van der Waals surface area (Å²) in [5.74, 6) is -3.73. The largest absolute Gasteiger partial charge is 0.394 e. The molecule has 6 amide bonds. The lowest BCUT2D eigenvalue weighted by Crippen LogP contribution is -2.58. The van der Waals surface area contributed by atoms with E-state index in [0.717, 1.165) is 55.7 Å². The number of rotatable bonds is 6. The fourth-order valence-electron chi connectivity index (χ4n) is 7.78. The first kappa shape index (κ1) is 36.2. The van der Waals surface area contributed by atoms with Crippen LogP contribution in [0.25, 0.3) is 0 Å². The molecule has 1 aromatic rings. The van der Waals surface area contributed by atoms with Crippen LogP contribution in [0, 0.1) is 11.8 Å². The van der Waals surface area contributed by atoms with E-state index in [9.17, 15) is 33.9 Å². The molecule has 268 valence electrons. The second-order valence-corrected chi connectivity index (χ2v) is 14.3. The summed E-state index contributed by atoms with van der Waals surface area (Å²) < 4.78 is 0. The van der Waals surface area contributed by atoms with Crippen molar-refractivity contribution in [1.82, 2.24) is 36.0 Å². The Bertz CT molecular complexity index is 1390. The van der Waals surface area contributed by atoms with Crippen LogP contribution in [0.4, 0.5) is 0 Å². The van der Waals surface area contributed by atoms with Crippen molar-refractivity contribution in [2.45, 2.75) is 95.0 Å². The molecule has 4 aliphatic rings. The van der Waals surface area contributed by atoms with Gasteiger partial charge in [0.1, 0.15) is 24.2 Å². The molecule has 5 N–H and O–H groups in total. The maximum atomic E-state index is 14.5. The molecule has 0 aliphatic carbocycles. The van der Waals surface area contributed by atoms with Gasteiger partial charge < -0.3 is 36.2 Å². The molecule has 14 heteroatoms. The van der Waals surface area contributed by atoms with Crippen molar-refractivity contribution in [3.63, 3.8) is 0 Å². The second-order valence-electron chi connectivity index (χ2n) is 14.3. The summed E-state index contributed by atoms with van der Waals surface area (Å²) in [7, 11) is 1.37. The molecule has 49 heavy (non-hydrogen) atoms. The van der Waals surface area contributed by atoms with Crippen molar-refractivity contribution in [3.05, 3.63) is 35.9 Å². The van der Waals surface area contributed by atoms with Gasteiger partial charge in [-0.1, -0.05) is 50.6 Å². The first-order chi connectivity index (χ1) is 23.5. The normalized spacial score (nSPS) is 30.8. The fourth-order valence-corrected chi connectivity index (χ4v) is 7.78. The van der Waals surface area contributed by atoms with Gasteiger partial charge >= 0.3 is 0 Å². The Hall–Kier alpha value is -4.04. The summed E-state index contributed by atoms with van der Waals surface area (Å²) >= 11 is 0. The molecule has 4 aliphatic heterocycles. The number of hydrogen-bond donors (Lipinski definition) is 5. The van der Waals surface area contributed by atoms with Crippen LogP contribution in [0.15, 0.2) is 30.3 Å². The predicted octanol–water partition coefficient (Wildman–Crippen LogP) is -0.846. The zero-order valence-corrected chi connectivity index (χ0v) is 28.7. The summed E-state index contributed by atoms with van der Waals surface area (Å²) in [4.78, 5) is 86.9. The molecule has 1 aromatic carbocycles. The lowest BCUT2D eigenvalue weighted by molar-refractivity contribution is -0.143. The third-order valence-electron chi connectivity index (χ3n) is 10.4. The van der Waals surface area contributed by atoms with Crippen molar-refractivity contribution >= 4 is 35.4 Å². The number of nitrogens with one attached hydrogen (secondary N) is 4. The van der Waals surface area contributed by atoms with Crippen molar-refractivity contribution in [2.75, 3.05) is 39.8 Å². The third kappa shape index (κ3) is 8.58. The molecule has 0 radical (unpaired) electrons. The van der Waals surface area contributed by atoms with Crippen LogP contribution < -0.4 is 21.3 Å². The first-order valence-corrected chi connectivity index (χ1v) is 17.6. The Kier molecular flexibility index (Phi) is 11.9. The van der Waals surface area contributed by atoms with Crippen LogP contribution in [0.5, 0.6) is 0 Å². The van der Waals surface area contributed by atoms with Crippen LogP contribution in [-0.2, 0) is 35.2 Å². The van der Waals surface area contributed by atoms with Gasteiger partial charge in [0, 0.05) is 32.1 Å². The summed E-state index contributed by atoms with van der Waals surface area (Å²) in [6.07, 6.45) is 5.08. The molecule has 0 bridgehead atoms. The molecule has 4 saturated heterocycles. The van der Waals surface area contributed by atoms with Crippen molar-refractivity contribution in [3.8, 4) is 0 Å². The van der Waals surface area contributed by atoms with E-state index in [2.05, 4.69) is 26.2 Å². The summed E-state index contributed by atoms with van der Waals surface area (Å²) in [6, 6.07) is 4.19. The average Bonchev–Trinajstić information content (AvgIpc) is 3.51. The van der Waals surface area contributed by atoms with Crippen LogP contribution in [0.2, 0.25) is 0 Å². The minimum Gasteiger partial charge on any atom is -0.394 e. The monoisotopic (exact) mass is 681 g/mol. The maximum Gasteiger partial charge on any atom is 0.247 e. The zero-order valence-electron chi connectivity index (χ0n) is 28.7. The third-order valence-corrected chi connectivity index (χ3v) is 10.4. The Morgan fingerprint density at radius 2 is 1.63 bits per heavy atom. The molecular formula is C35H51N7O7. The Balaban J connectivity index is 1.45. The van der Waals surface area contributed by atoms with E-state index in [1.807, 2.05) is 30.3 Å². The van der Waals surface area contributed by atoms with E-state index < -0.39 is 72.9 Å². The Labute approximate surface area is 287 Å². The molecule has 14 nitrogen and oxygen atoms in total. The number of piperidine rings is 2. The number of carbonyl (C=O) groups excluding carboxylic acids is 6. The molecule has 0 unspecified atom stereocenters. The molecule has 4 fully saturated rings. The van der Waals surface area contributed by atoms with Crippen LogP contribution in [0.3, 0.4) is 0 Å². The summed E-state index contributed by atoms with van der Waals surface area (Å²) in [5, 5.41) is 21.4. The summed E-state index contributed by atoms with van der Waals surface area (Å²) in [6.45, 7) is 4.35. The average molecular weight is 682 g/mol. The van der Waals surface area contributed by atoms with E-state index in [4.69, 9.17) is 0 Å². The number of fused-ring (bicyclic) bond motifs is 2. The highest BCUT2D eigenvalue weighted by molar-refractivity contribution is 5.97. The van der Waals surface area contributed by atoms with Crippen LogP contribution in [-0.4, -0.2) is 131 Å². The Morgan fingerprint density at radius 1 is 0.918 bits per heavy atom. The van der Waals surface area contributed by atoms with Crippen molar-refractivity contribution in [2.24, 2.45) is 11.8 Å². The number of aliphatic hydroxyl groups excluding tert-OH is 1. The standard InChI is InChI=1S/C35H51N7O7/c1-21(2)30-33(47)37-25(16-22-10-5-4-6-11-22)35(49)42-18-23(36-31(45)24-12-9-15-41-14-8-7-13-27(24)41)17-28(42)32(46)38-26(20-43)34(48)40(3)19-29(44)39-30/h4-6,10-11,21,23-28,30,43H,7-9,12-20H2,1-3H3,(H,36,45)(H,37,47)(H,38,46)(H,39,44)/t23-,24+,25-,26-,27+,28-,30+/m0/s1. The molecule has 0 saturated carbocycles. The van der Waals surface area contributed by atoms with E-state index in [0.29, 0.717) is 0 Å². The van der Waals surface area contributed by atoms with E-state index in [1.54, 1.807) is 13.8 Å². The topological polar surface area (TPSA) is 180 Å². The highest BCUT2D eigenvalue weighted by atomic mass is 16.3. The number of likely N-dealkylation sites (N-methyl/N-ethyl adjacent to an activating group) is 1. The van der Waals surface area contributed by atoms with Gasteiger partial charge in [-0.25, -0.2) is 0 Å². The summed E-state index contributed by atoms with van der Waals surface area (Å²) in [5.41, 5.74) is 0.774. The van der Waals surface area contributed by atoms with Gasteiger partial charge in [0.15, 0.2) is 0 Å². The highest BCUT2D eigenvalue weighted by Gasteiger charge is 2.45. The predicted molar refractivity (Wildman–Crippen MR) is 179 cm³/mol. The van der Waals surface area contributed by atoms with E-state index >= 15 is 0 Å². The van der Waals surface area contributed by atoms with Gasteiger partial charge in [-0.15, -0.1) is 0 Å². The molecular weight excluding hydrogens is 630 g/mol. The minimum absolute atomic E-state index is 0.0207. The Morgan fingerprint density at radius 3 is 2.35 bits per heavy atom. The van der Waals surface area contributed by atoms with Gasteiger partial charge in [0.05, 0.1) is 19.1 Å². The number of aliphatic hydroxyl groups is 1. The van der Waals surface area contributed by atoms with Crippen LogP contribution >= 0.6 is 0 Å². The van der Waals surface area contributed by atoms with Gasteiger partial charge in [-0.05, 0) is 56.7 Å². The molecule has 7 atom stereocenters. The highest BCUT2D eigenvalue weighted by Crippen LogP contribution is 2.31. The second kappa shape index (κ2) is 16.1. The number of hydrogen-bond acceptors (Lipinski definition) is 8. The number of benzene rings is 1. The maximum absolute atomic E-state index is 14.5. The van der Waals surface area contributed by atoms with Crippen LogP contribution in [0.1, 0.15) is 57.9 Å². The van der Waals surface area contributed by atoms with Crippen molar-refractivity contribution < 1.29 is 33.9 Å². The van der Waals surface area contributed by atoms with Crippen molar-refractivity contribution in [1.29, 1.82) is 0 Å². The van der Waals surface area contributed by atoms with Gasteiger partial charge in [-0.3, -0.25) is 33.7 Å². The van der Waals surface area contributed by atoms with Gasteiger partial charge in [0.25, 0.3) is 0 Å². The first-order valence-electron chi connectivity index (χ1n) is 17.6. The van der Waals surface area contributed by atoms with Gasteiger partial charge in [-0.2, -0.15) is 0 Å². The quantitative estimate of drug-likeness (QED) is 0.258. The zero-order chi connectivity index (χ0) is 35.2. The molecule has 0 spiro atoms. The van der Waals surface area contributed by atoms with E-state index in [1.165, 1.54) is 11.9 Å². The fraction of sp³-hybridized carbons (Fsp3) is 0.657. The lowest BCUT2D eigenvalue weighted by atomic mass is 9.83. The molecule has 5 rings (SSSR count). The number of nitrogens with zero attached hydrogens (tertiary/aromatic N) is 3. The molecule has 0 aromatic heterocycles. The number of carbonyl (C=O) groups is 6.